The van der Waals surface area contributed by atoms with Crippen molar-refractivity contribution in [3.05, 3.63) is 0 Å². The van der Waals surface area contributed by atoms with Crippen LogP contribution in [0.25, 0.3) is 0 Å². The number of piperidine rings is 1. The Morgan fingerprint density at radius 3 is 2.70 bits per heavy atom. The van der Waals surface area contributed by atoms with E-state index in [-0.39, 0.29) is 17.8 Å². The lowest BCUT2D eigenvalue weighted by Gasteiger charge is -2.33. The first-order valence-electron chi connectivity index (χ1n) is 7.14. The van der Waals surface area contributed by atoms with Crippen molar-refractivity contribution in [1.82, 2.24) is 9.21 Å². The third-order valence-electron chi connectivity index (χ3n) is 4.07. The molecule has 0 aromatic rings. The molecule has 0 saturated carbocycles. The van der Waals surface area contributed by atoms with E-state index in [1.165, 1.54) is 10.6 Å². The van der Waals surface area contributed by atoms with Gasteiger partial charge in [-0.2, -0.15) is 0 Å². The van der Waals surface area contributed by atoms with Gasteiger partial charge in [0.15, 0.2) is 5.78 Å². The van der Waals surface area contributed by atoms with Crippen molar-refractivity contribution < 1.29 is 17.9 Å². The van der Waals surface area contributed by atoms with E-state index < -0.39 is 10.0 Å². The Morgan fingerprint density at radius 1 is 1.30 bits per heavy atom. The van der Waals surface area contributed by atoms with Gasteiger partial charge in [0.1, 0.15) is 6.10 Å². The molecular formula is C13H24N2O4S. The van der Waals surface area contributed by atoms with Crippen LogP contribution in [0.1, 0.15) is 19.3 Å². The van der Waals surface area contributed by atoms with Crippen LogP contribution in [0, 0.1) is 5.92 Å². The molecule has 2 atom stereocenters. The second kappa shape index (κ2) is 6.51. The Morgan fingerprint density at radius 2 is 2.05 bits per heavy atom. The van der Waals surface area contributed by atoms with Gasteiger partial charge in [-0.3, -0.25) is 4.79 Å². The maximum atomic E-state index is 12.2. The molecule has 2 heterocycles. The lowest BCUT2D eigenvalue weighted by molar-refractivity contribution is -0.136. The van der Waals surface area contributed by atoms with E-state index >= 15 is 0 Å². The minimum atomic E-state index is -3.15. The fourth-order valence-electron chi connectivity index (χ4n) is 2.88. The van der Waals surface area contributed by atoms with Crippen LogP contribution in [0.15, 0.2) is 0 Å². The summed E-state index contributed by atoms with van der Waals surface area (Å²) in [6.07, 6.45) is 3.06. The normalized spacial score (nSPS) is 30.3. The standard InChI is InChI=1S/C13H24N2O4S/c1-14-6-7-19-13(10-14)12(16)8-11-4-3-5-15(9-11)20(2,17)18/h11,13H,3-10H2,1-2H3. The number of morpholine rings is 1. The number of ketones is 1. The summed E-state index contributed by atoms with van der Waals surface area (Å²) in [6.45, 7) is 3.13. The average molecular weight is 304 g/mol. The van der Waals surface area contributed by atoms with Crippen molar-refractivity contribution in [2.45, 2.75) is 25.4 Å². The summed E-state index contributed by atoms with van der Waals surface area (Å²) in [5.74, 6) is 0.235. The number of nitrogens with zero attached hydrogens (tertiary/aromatic N) is 2. The van der Waals surface area contributed by atoms with Crippen molar-refractivity contribution in [2.75, 3.05) is 46.1 Å². The molecule has 0 aromatic heterocycles. The second-order valence-corrected chi connectivity index (χ2v) is 7.90. The fraction of sp³-hybridized carbons (Fsp3) is 0.923. The largest absolute Gasteiger partial charge is 0.368 e. The smallest absolute Gasteiger partial charge is 0.211 e. The SMILES string of the molecule is CN1CCOC(C(=O)CC2CCCN(S(C)(=O)=O)C2)C1. The monoisotopic (exact) mass is 304 g/mol. The molecule has 2 aliphatic heterocycles. The van der Waals surface area contributed by atoms with Crippen LogP contribution in [-0.2, 0) is 19.6 Å². The number of sulfonamides is 1. The van der Waals surface area contributed by atoms with Crippen LogP contribution in [-0.4, -0.2) is 75.6 Å². The maximum absolute atomic E-state index is 12.2. The molecule has 2 saturated heterocycles. The Labute approximate surface area is 121 Å². The second-order valence-electron chi connectivity index (χ2n) is 5.92. The number of rotatable bonds is 4. The molecule has 2 aliphatic rings. The van der Waals surface area contributed by atoms with Gasteiger partial charge < -0.3 is 9.64 Å². The van der Waals surface area contributed by atoms with Crippen molar-refractivity contribution in [3.63, 3.8) is 0 Å². The Balaban J connectivity index is 1.87. The quantitative estimate of drug-likeness (QED) is 0.728. The first-order valence-corrected chi connectivity index (χ1v) is 8.99. The Hall–Kier alpha value is -0.500. The molecule has 116 valence electrons. The molecular weight excluding hydrogens is 280 g/mol. The number of hydrogen-bond acceptors (Lipinski definition) is 5. The van der Waals surface area contributed by atoms with Gasteiger partial charge in [-0.1, -0.05) is 0 Å². The molecule has 0 radical (unpaired) electrons. The molecule has 2 unspecified atom stereocenters. The van der Waals surface area contributed by atoms with Crippen molar-refractivity contribution >= 4 is 15.8 Å². The van der Waals surface area contributed by atoms with Crippen molar-refractivity contribution in [3.8, 4) is 0 Å². The van der Waals surface area contributed by atoms with Gasteiger partial charge in [0.25, 0.3) is 0 Å². The van der Waals surface area contributed by atoms with Crippen LogP contribution in [0.2, 0.25) is 0 Å². The van der Waals surface area contributed by atoms with Crippen LogP contribution < -0.4 is 0 Å². The molecule has 0 spiro atoms. The van der Waals surface area contributed by atoms with Crippen LogP contribution in [0.4, 0.5) is 0 Å². The summed E-state index contributed by atoms with van der Waals surface area (Å²) in [7, 11) is -1.16. The van der Waals surface area contributed by atoms with Crippen LogP contribution in [0.3, 0.4) is 0 Å². The van der Waals surface area contributed by atoms with Crippen molar-refractivity contribution in [2.24, 2.45) is 5.92 Å². The predicted molar refractivity (Wildman–Crippen MR) is 76.0 cm³/mol. The molecule has 20 heavy (non-hydrogen) atoms. The molecule has 6 nitrogen and oxygen atoms in total. The zero-order valence-corrected chi connectivity index (χ0v) is 13.1. The van der Waals surface area contributed by atoms with Gasteiger partial charge in [-0.05, 0) is 25.8 Å². The molecule has 0 amide bonds. The van der Waals surface area contributed by atoms with E-state index in [2.05, 4.69) is 4.90 Å². The highest BCUT2D eigenvalue weighted by Gasteiger charge is 2.31. The summed E-state index contributed by atoms with van der Waals surface area (Å²) in [4.78, 5) is 14.3. The highest BCUT2D eigenvalue weighted by atomic mass is 32.2. The van der Waals surface area contributed by atoms with E-state index in [0.29, 0.717) is 32.7 Å². The number of carbonyl (C=O) groups is 1. The van der Waals surface area contributed by atoms with E-state index in [4.69, 9.17) is 4.74 Å². The number of carbonyl (C=O) groups excluding carboxylic acids is 1. The average Bonchev–Trinajstić information content (AvgIpc) is 2.38. The molecule has 7 heteroatoms. The lowest BCUT2D eigenvalue weighted by Crippen LogP contribution is -2.46. The summed E-state index contributed by atoms with van der Waals surface area (Å²) in [5, 5.41) is 0. The van der Waals surface area contributed by atoms with Gasteiger partial charge >= 0.3 is 0 Å². The first kappa shape index (κ1) is 15.9. The first-order chi connectivity index (χ1) is 9.36. The summed E-state index contributed by atoms with van der Waals surface area (Å²) in [6, 6.07) is 0. The van der Waals surface area contributed by atoms with Gasteiger partial charge in [0.2, 0.25) is 10.0 Å². The molecule has 0 aromatic carbocycles. The summed E-state index contributed by atoms with van der Waals surface area (Å²) >= 11 is 0. The zero-order chi connectivity index (χ0) is 14.8. The molecule has 0 aliphatic carbocycles. The van der Waals surface area contributed by atoms with Crippen LogP contribution >= 0.6 is 0 Å². The van der Waals surface area contributed by atoms with E-state index in [9.17, 15) is 13.2 Å². The van der Waals surface area contributed by atoms with E-state index in [1.54, 1.807) is 0 Å². The topological polar surface area (TPSA) is 66.9 Å². The van der Waals surface area contributed by atoms with Crippen molar-refractivity contribution in [1.29, 1.82) is 0 Å². The Kier molecular flexibility index (Phi) is 5.17. The summed E-state index contributed by atoms with van der Waals surface area (Å²) in [5.41, 5.74) is 0. The number of likely N-dealkylation sites (N-methyl/N-ethyl adjacent to an activating group) is 1. The molecule has 2 rings (SSSR count). The molecule has 0 N–H and O–H groups in total. The number of hydrogen-bond donors (Lipinski definition) is 0. The lowest BCUT2D eigenvalue weighted by atomic mass is 9.92. The van der Waals surface area contributed by atoms with Gasteiger partial charge in [0, 0.05) is 32.6 Å². The highest BCUT2D eigenvalue weighted by Crippen LogP contribution is 2.23. The summed E-state index contributed by atoms with van der Waals surface area (Å²) < 4.78 is 30.2. The van der Waals surface area contributed by atoms with Gasteiger partial charge in [0.05, 0.1) is 12.9 Å². The third kappa shape index (κ3) is 4.25. The van der Waals surface area contributed by atoms with Crippen LogP contribution in [0.5, 0.6) is 0 Å². The van der Waals surface area contributed by atoms with E-state index in [1.807, 2.05) is 7.05 Å². The minimum Gasteiger partial charge on any atom is -0.368 e. The third-order valence-corrected chi connectivity index (χ3v) is 5.34. The highest BCUT2D eigenvalue weighted by molar-refractivity contribution is 7.88. The maximum Gasteiger partial charge on any atom is 0.211 e. The predicted octanol–water partition coefficient (Wildman–Crippen LogP) is -0.0522. The Bertz CT molecular complexity index is 451. The number of ether oxygens (including phenoxy) is 1. The van der Waals surface area contributed by atoms with Gasteiger partial charge in [-0.25, -0.2) is 12.7 Å². The fourth-order valence-corrected chi connectivity index (χ4v) is 3.83. The van der Waals surface area contributed by atoms with Gasteiger partial charge in [-0.15, -0.1) is 0 Å². The molecule has 2 fully saturated rings. The number of Topliss-reactive ketones (excluding diaryl/α,β-unsaturated/α-hetero) is 1. The minimum absolute atomic E-state index is 0.108. The zero-order valence-electron chi connectivity index (χ0n) is 12.2. The molecule has 0 bridgehead atoms. The van der Waals surface area contributed by atoms with E-state index in [0.717, 1.165) is 19.4 Å².